The van der Waals surface area contributed by atoms with Crippen molar-refractivity contribution >= 4 is 15.7 Å². The Balaban J connectivity index is 2.24. The van der Waals surface area contributed by atoms with Crippen LogP contribution in [-0.2, 0) is 14.8 Å². The molecule has 2 unspecified atom stereocenters. The zero-order valence-electron chi connectivity index (χ0n) is 12.2. The van der Waals surface area contributed by atoms with Crippen LogP contribution in [0.25, 0.3) is 0 Å². The standard InChI is InChI=1S/C14H22N2O3S/c1-11(12-8-9-19-10-12)15-13-6-4-5-7-14(13)20(17,18)16(2)3/h4-7,11-12,15H,8-10H2,1-3H3. The van der Waals surface area contributed by atoms with Gasteiger partial charge in [0.15, 0.2) is 0 Å². The molecule has 1 saturated heterocycles. The molecule has 0 amide bonds. The minimum absolute atomic E-state index is 0.177. The summed E-state index contributed by atoms with van der Waals surface area (Å²) in [5.41, 5.74) is 0.653. The summed E-state index contributed by atoms with van der Waals surface area (Å²) in [4.78, 5) is 0.316. The second kappa shape index (κ2) is 6.11. The third kappa shape index (κ3) is 3.13. The number of para-hydroxylation sites is 1. The molecule has 1 aliphatic rings. The van der Waals surface area contributed by atoms with Crippen LogP contribution < -0.4 is 5.32 Å². The molecular weight excluding hydrogens is 276 g/mol. The Morgan fingerprint density at radius 3 is 2.65 bits per heavy atom. The lowest BCUT2D eigenvalue weighted by molar-refractivity contribution is 0.183. The number of nitrogens with one attached hydrogen (secondary N) is 1. The number of nitrogens with zero attached hydrogens (tertiary/aromatic N) is 1. The molecule has 1 aromatic carbocycles. The van der Waals surface area contributed by atoms with Crippen LogP contribution in [-0.4, -0.2) is 46.1 Å². The fourth-order valence-electron chi connectivity index (χ4n) is 2.32. The van der Waals surface area contributed by atoms with Crippen molar-refractivity contribution in [3.8, 4) is 0 Å². The lowest BCUT2D eigenvalue weighted by Gasteiger charge is -2.23. The van der Waals surface area contributed by atoms with Gasteiger partial charge in [0.1, 0.15) is 4.90 Å². The monoisotopic (exact) mass is 298 g/mol. The second-order valence-electron chi connectivity index (χ2n) is 5.34. The molecule has 6 heteroatoms. The van der Waals surface area contributed by atoms with Crippen LogP contribution in [0, 0.1) is 5.92 Å². The van der Waals surface area contributed by atoms with Gasteiger partial charge in [-0.15, -0.1) is 0 Å². The first-order chi connectivity index (χ1) is 9.43. The minimum atomic E-state index is -3.44. The molecule has 112 valence electrons. The van der Waals surface area contributed by atoms with Crippen molar-refractivity contribution in [2.75, 3.05) is 32.6 Å². The Kier molecular flexibility index (Phi) is 4.67. The third-order valence-corrected chi connectivity index (χ3v) is 5.57. The highest BCUT2D eigenvalue weighted by molar-refractivity contribution is 7.89. The van der Waals surface area contributed by atoms with Crippen molar-refractivity contribution in [1.82, 2.24) is 4.31 Å². The molecule has 0 spiro atoms. The Morgan fingerprint density at radius 1 is 1.35 bits per heavy atom. The lowest BCUT2D eigenvalue weighted by Crippen LogP contribution is -2.28. The summed E-state index contributed by atoms with van der Waals surface area (Å²) in [6.45, 7) is 3.59. The Morgan fingerprint density at radius 2 is 2.05 bits per heavy atom. The van der Waals surface area contributed by atoms with E-state index in [2.05, 4.69) is 12.2 Å². The van der Waals surface area contributed by atoms with Crippen molar-refractivity contribution in [2.45, 2.75) is 24.3 Å². The highest BCUT2D eigenvalue weighted by Gasteiger charge is 2.25. The summed E-state index contributed by atoms with van der Waals surface area (Å²) in [5.74, 6) is 0.421. The summed E-state index contributed by atoms with van der Waals surface area (Å²) in [7, 11) is -0.353. The highest BCUT2D eigenvalue weighted by atomic mass is 32.2. The van der Waals surface area contributed by atoms with Crippen LogP contribution >= 0.6 is 0 Å². The number of sulfonamides is 1. The molecule has 0 bridgehead atoms. The van der Waals surface area contributed by atoms with Gasteiger partial charge >= 0.3 is 0 Å². The predicted molar refractivity (Wildman–Crippen MR) is 79.3 cm³/mol. The van der Waals surface area contributed by atoms with Gasteiger partial charge < -0.3 is 10.1 Å². The smallest absolute Gasteiger partial charge is 0.244 e. The van der Waals surface area contributed by atoms with Crippen LogP contribution in [0.3, 0.4) is 0 Å². The predicted octanol–water partition coefficient (Wildman–Crippen LogP) is 1.77. The van der Waals surface area contributed by atoms with E-state index in [0.717, 1.165) is 19.6 Å². The summed E-state index contributed by atoms with van der Waals surface area (Å²) in [6, 6.07) is 7.20. The Bertz CT molecular complexity index is 551. The van der Waals surface area contributed by atoms with Gasteiger partial charge in [0.25, 0.3) is 0 Å². The van der Waals surface area contributed by atoms with Crippen LogP contribution in [0.2, 0.25) is 0 Å². The largest absolute Gasteiger partial charge is 0.381 e. The van der Waals surface area contributed by atoms with E-state index in [4.69, 9.17) is 4.74 Å². The first-order valence-corrected chi connectivity index (χ1v) is 8.23. The van der Waals surface area contributed by atoms with Gasteiger partial charge in [0.05, 0.1) is 12.3 Å². The topological polar surface area (TPSA) is 58.6 Å². The second-order valence-corrected chi connectivity index (χ2v) is 7.46. The molecule has 20 heavy (non-hydrogen) atoms. The average Bonchev–Trinajstić information content (AvgIpc) is 2.93. The van der Waals surface area contributed by atoms with E-state index in [1.54, 1.807) is 26.2 Å². The van der Waals surface area contributed by atoms with Crippen LogP contribution in [0.1, 0.15) is 13.3 Å². The van der Waals surface area contributed by atoms with E-state index in [9.17, 15) is 8.42 Å². The Hall–Kier alpha value is -1.11. The molecule has 0 aliphatic carbocycles. The summed E-state index contributed by atoms with van der Waals surface area (Å²) in [5, 5.41) is 3.33. The zero-order chi connectivity index (χ0) is 14.8. The van der Waals surface area contributed by atoms with Crippen molar-refractivity contribution in [3.05, 3.63) is 24.3 Å². The molecule has 2 atom stereocenters. The number of hydrogen-bond acceptors (Lipinski definition) is 4. The number of anilines is 1. The van der Waals surface area contributed by atoms with E-state index < -0.39 is 10.0 Å². The van der Waals surface area contributed by atoms with Gasteiger partial charge in [-0.2, -0.15) is 0 Å². The molecule has 0 radical (unpaired) electrons. The average molecular weight is 298 g/mol. The van der Waals surface area contributed by atoms with E-state index in [0.29, 0.717) is 16.5 Å². The third-order valence-electron chi connectivity index (χ3n) is 3.70. The first kappa shape index (κ1) is 15.3. The fourth-order valence-corrected chi connectivity index (χ4v) is 3.37. The van der Waals surface area contributed by atoms with Gasteiger partial charge in [-0.05, 0) is 25.5 Å². The fraction of sp³-hybridized carbons (Fsp3) is 0.571. The quantitative estimate of drug-likeness (QED) is 0.900. The minimum Gasteiger partial charge on any atom is -0.381 e. The summed E-state index contributed by atoms with van der Waals surface area (Å²) >= 11 is 0. The molecule has 1 heterocycles. The first-order valence-electron chi connectivity index (χ1n) is 6.79. The summed E-state index contributed by atoms with van der Waals surface area (Å²) in [6.07, 6.45) is 1.01. The zero-order valence-corrected chi connectivity index (χ0v) is 13.0. The molecular formula is C14H22N2O3S. The molecule has 1 aromatic rings. The van der Waals surface area contributed by atoms with Crippen molar-refractivity contribution in [2.24, 2.45) is 5.92 Å². The van der Waals surface area contributed by atoms with Gasteiger partial charge in [-0.25, -0.2) is 12.7 Å². The molecule has 1 aliphatic heterocycles. The molecule has 1 N–H and O–H groups in total. The maximum atomic E-state index is 12.3. The maximum absolute atomic E-state index is 12.3. The van der Waals surface area contributed by atoms with Crippen molar-refractivity contribution in [3.63, 3.8) is 0 Å². The molecule has 0 saturated carbocycles. The van der Waals surface area contributed by atoms with Gasteiger partial charge in [0, 0.05) is 32.7 Å². The maximum Gasteiger partial charge on any atom is 0.244 e. The lowest BCUT2D eigenvalue weighted by atomic mass is 10.0. The van der Waals surface area contributed by atoms with E-state index in [1.807, 2.05) is 12.1 Å². The van der Waals surface area contributed by atoms with E-state index >= 15 is 0 Å². The Labute approximate surface area is 121 Å². The van der Waals surface area contributed by atoms with Gasteiger partial charge in [-0.3, -0.25) is 0 Å². The van der Waals surface area contributed by atoms with Crippen LogP contribution in [0.15, 0.2) is 29.2 Å². The van der Waals surface area contributed by atoms with E-state index in [1.165, 1.54) is 4.31 Å². The van der Waals surface area contributed by atoms with E-state index in [-0.39, 0.29) is 6.04 Å². The molecule has 0 aromatic heterocycles. The number of ether oxygens (including phenoxy) is 1. The normalized spacial score (nSPS) is 21.1. The van der Waals surface area contributed by atoms with Crippen LogP contribution in [0.5, 0.6) is 0 Å². The van der Waals surface area contributed by atoms with Gasteiger partial charge in [0.2, 0.25) is 10.0 Å². The summed E-state index contributed by atoms with van der Waals surface area (Å²) < 4.78 is 31.3. The molecule has 5 nitrogen and oxygen atoms in total. The number of benzene rings is 1. The number of rotatable bonds is 5. The SMILES string of the molecule is CC(Nc1ccccc1S(=O)(=O)N(C)C)C1CCOC1. The number of hydrogen-bond donors (Lipinski definition) is 1. The molecule has 2 rings (SSSR count). The van der Waals surface area contributed by atoms with Gasteiger partial charge in [-0.1, -0.05) is 12.1 Å². The van der Waals surface area contributed by atoms with Crippen molar-refractivity contribution in [1.29, 1.82) is 0 Å². The molecule has 1 fully saturated rings. The van der Waals surface area contributed by atoms with Crippen molar-refractivity contribution < 1.29 is 13.2 Å². The highest BCUT2D eigenvalue weighted by Crippen LogP contribution is 2.26. The van der Waals surface area contributed by atoms with Crippen LogP contribution in [0.4, 0.5) is 5.69 Å².